The Morgan fingerprint density at radius 3 is 2.44 bits per heavy atom. The van der Waals surface area contributed by atoms with Gasteiger partial charge >= 0.3 is 0 Å². The molecule has 2 aromatic rings. The van der Waals surface area contributed by atoms with Gasteiger partial charge in [-0.15, -0.1) is 0 Å². The maximum atomic E-state index is 5.81. The van der Waals surface area contributed by atoms with Crippen molar-refractivity contribution in [2.75, 3.05) is 12.8 Å². The van der Waals surface area contributed by atoms with Crippen molar-refractivity contribution in [2.24, 2.45) is 0 Å². The van der Waals surface area contributed by atoms with Crippen molar-refractivity contribution >= 4 is 5.82 Å². The van der Waals surface area contributed by atoms with Gasteiger partial charge in [0.25, 0.3) is 0 Å². The van der Waals surface area contributed by atoms with Gasteiger partial charge in [-0.3, -0.25) is 0 Å². The number of hydrogen-bond acceptors (Lipinski definition) is 3. The summed E-state index contributed by atoms with van der Waals surface area (Å²) in [5.74, 6) is 1.52. The number of aromatic nitrogens is 2. The third-order valence-electron chi connectivity index (χ3n) is 2.67. The SMILES string of the molecule is COc1ccc([C@@H](C)n2nccc2N)cc1. The third kappa shape index (κ3) is 1.86. The molecule has 0 bridgehead atoms. The maximum absolute atomic E-state index is 5.81. The van der Waals surface area contributed by atoms with Crippen LogP contribution in [0.3, 0.4) is 0 Å². The monoisotopic (exact) mass is 217 g/mol. The normalized spacial score (nSPS) is 12.4. The number of nitrogens with two attached hydrogens (primary N) is 1. The molecule has 84 valence electrons. The zero-order valence-corrected chi connectivity index (χ0v) is 9.42. The molecule has 0 radical (unpaired) electrons. The minimum atomic E-state index is 0.126. The second-order valence-electron chi connectivity index (χ2n) is 3.65. The molecule has 16 heavy (non-hydrogen) atoms. The van der Waals surface area contributed by atoms with Gasteiger partial charge in [-0.1, -0.05) is 12.1 Å². The number of nitrogens with zero attached hydrogens (tertiary/aromatic N) is 2. The summed E-state index contributed by atoms with van der Waals surface area (Å²) < 4.78 is 6.91. The number of rotatable bonds is 3. The zero-order chi connectivity index (χ0) is 11.5. The molecule has 1 aromatic heterocycles. The molecule has 0 amide bonds. The number of benzene rings is 1. The lowest BCUT2D eigenvalue weighted by Crippen LogP contribution is -2.11. The van der Waals surface area contributed by atoms with E-state index in [9.17, 15) is 0 Å². The first-order chi connectivity index (χ1) is 7.72. The Morgan fingerprint density at radius 1 is 1.25 bits per heavy atom. The maximum Gasteiger partial charge on any atom is 0.122 e. The lowest BCUT2D eigenvalue weighted by molar-refractivity contribution is 0.414. The smallest absolute Gasteiger partial charge is 0.122 e. The van der Waals surface area contributed by atoms with Gasteiger partial charge in [-0.25, -0.2) is 4.68 Å². The Morgan fingerprint density at radius 2 is 1.94 bits per heavy atom. The molecular weight excluding hydrogens is 202 g/mol. The fourth-order valence-corrected chi connectivity index (χ4v) is 1.67. The summed E-state index contributed by atoms with van der Waals surface area (Å²) in [6.07, 6.45) is 1.70. The van der Waals surface area contributed by atoms with E-state index in [4.69, 9.17) is 10.5 Å². The summed E-state index contributed by atoms with van der Waals surface area (Å²) in [4.78, 5) is 0. The standard InChI is InChI=1S/C12H15N3O/c1-9(15-12(13)7-8-14-15)10-3-5-11(16-2)6-4-10/h3-9H,13H2,1-2H3/t9-/m1/s1. The molecule has 1 heterocycles. The van der Waals surface area contributed by atoms with Gasteiger partial charge in [0.15, 0.2) is 0 Å². The van der Waals surface area contributed by atoms with E-state index in [1.807, 2.05) is 24.3 Å². The molecule has 0 saturated carbocycles. The Labute approximate surface area is 94.6 Å². The number of hydrogen-bond donors (Lipinski definition) is 1. The molecule has 0 unspecified atom stereocenters. The van der Waals surface area contributed by atoms with Crippen molar-refractivity contribution < 1.29 is 4.74 Å². The highest BCUT2D eigenvalue weighted by molar-refractivity contribution is 5.33. The molecule has 0 aliphatic carbocycles. The minimum Gasteiger partial charge on any atom is -0.497 e. The Kier molecular flexibility index (Phi) is 2.81. The summed E-state index contributed by atoms with van der Waals surface area (Å²) in [5.41, 5.74) is 6.96. The second kappa shape index (κ2) is 4.26. The van der Waals surface area contributed by atoms with Crippen LogP contribution in [0.1, 0.15) is 18.5 Å². The van der Waals surface area contributed by atoms with Crippen molar-refractivity contribution in [1.82, 2.24) is 9.78 Å². The third-order valence-corrected chi connectivity index (χ3v) is 2.67. The van der Waals surface area contributed by atoms with E-state index in [1.165, 1.54) is 0 Å². The lowest BCUT2D eigenvalue weighted by atomic mass is 10.1. The molecule has 4 nitrogen and oxygen atoms in total. The predicted octanol–water partition coefficient (Wildman–Crippen LogP) is 2.08. The van der Waals surface area contributed by atoms with Gasteiger partial charge in [-0.05, 0) is 30.7 Å². The van der Waals surface area contributed by atoms with Crippen LogP contribution >= 0.6 is 0 Å². The molecule has 1 atom stereocenters. The number of methoxy groups -OCH3 is 1. The van der Waals surface area contributed by atoms with Crippen LogP contribution < -0.4 is 10.5 Å². The fraction of sp³-hybridized carbons (Fsp3) is 0.250. The fourth-order valence-electron chi connectivity index (χ4n) is 1.67. The summed E-state index contributed by atoms with van der Waals surface area (Å²) >= 11 is 0. The summed E-state index contributed by atoms with van der Waals surface area (Å²) in [5, 5.41) is 4.20. The second-order valence-corrected chi connectivity index (χ2v) is 3.65. The molecule has 0 spiro atoms. The molecule has 0 aliphatic heterocycles. The van der Waals surface area contributed by atoms with Gasteiger partial charge in [0.2, 0.25) is 0 Å². The van der Waals surface area contributed by atoms with E-state index >= 15 is 0 Å². The van der Waals surface area contributed by atoms with E-state index in [1.54, 1.807) is 24.1 Å². The van der Waals surface area contributed by atoms with E-state index in [-0.39, 0.29) is 6.04 Å². The Hall–Kier alpha value is -1.97. The average Bonchev–Trinajstić information content (AvgIpc) is 2.75. The quantitative estimate of drug-likeness (QED) is 0.856. The minimum absolute atomic E-state index is 0.126. The number of nitrogen functional groups attached to an aromatic ring is 1. The zero-order valence-electron chi connectivity index (χ0n) is 9.42. The Balaban J connectivity index is 2.27. The van der Waals surface area contributed by atoms with E-state index in [0.29, 0.717) is 5.82 Å². The molecule has 2 rings (SSSR count). The van der Waals surface area contributed by atoms with Crippen LogP contribution in [0.5, 0.6) is 5.75 Å². The first kappa shape index (κ1) is 10.5. The van der Waals surface area contributed by atoms with Crippen molar-refractivity contribution in [3.8, 4) is 5.75 Å². The molecule has 0 saturated heterocycles. The first-order valence-corrected chi connectivity index (χ1v) is 5.15. The van der Waals surface area contributed by atoms with Crippen LogP contribution in [0.25, 0.3) is 0 Å². The van der Waals surface area contributed by atoms with E-state index < -0.39 is 0 Å². The van der Waals surface area contributed by atoms with Gasteiger partial charge in [0.05, 0.1) is 19.3 Å². The summed E-state index contributed by atoms with van der Waals surface area (Å²) in [6, 6.07) is 9.83. The van der Waals surface area contributed by atoms with Crippen molar-refractivity contribution in [3.05, 3.63) is 42.1 Å². The highest BCUT2D eigenvalue weighted by Crippen LogP contribution is 2.22. The number of ether oxygens (including phenoxy) is 1. The van der Waals surface area contributed by atoms with Gasteiger partial charge < -0.3 is 10.5 Å². The van der Waals surface area contributed by atoms with Crippen LogP contribution in [0.4, 0.5) is 5.82 Å². The Bertz CT molecular complexity index is 461. The first-order valence-electron chi connectivity index (χ1n) is 5.15. The lowest BCUT2D eigenvalue weighted by Gasteiger charge is -2.14. The van der Waals surface area contributed by atoms with Crippen LogP contribution in [-0.4, -0.2) is 16.9 Å². The number of anilines is 1. The van der Waals surface area contributed by atoms with E-state index in [2.05, 4.69) is 12.0 Å². The highest BCUT2D eigenvalue weighted by Gasteiger charge is 2.10. The predicted molar refractivity (Wildman–Crippen MR) is 63.4 cm³/mol. The molecule has 1 aromatic carbocycles. The van der Waals surface area contributed by atoms with Gasteiger partial charge in [0, 0.05) is 0 Å². The van der Waals surface area contributed by atoms with Crippen LogP contribution in [0.15, 0.2) is 36.5 Å². The van der Waals surface area contributed by atoms with Gasteiger partial charge in [-0.2, -0.15) is 5.10 Å². The van der Waals surface area contributed by atoms with Crippen LogP contribution in [0, 0.1) is 0 Å². The summed E-state index contributed by atoms with van der Waals surface area (Å²) in [6.45, 7) is 2.06. The molecule has 4 heteroatoms. The van der Waals surface area contributed by atoms with Crippen molar-refractivity contribution in [3.63, 3.8) is 0 Å². The van der Waals surface area contributed by atoms with Crippen LogP contribution in [-0.2, 0) is 0 Å². The molecule has 0 aliphatic rings. The molecule has 0 fully saturated rings. The van der Waals surface area contributed by atoms with E-state index in [0.717, 1.165) is 11.3 Å². The molecule has 2 N–H and O–H groups in total. The summed E-state index contributed by atoms with van der Waals surface area (Å²) in [7, 11) is 1.66. The topological polar surface area (TPSA) is 53.1 Å². The highest BCUT2D eigenvalue weighted by atomic mass is 16.5. The van der Waals surface area contributed by atoms with Gasteiger partial charge in [0.1, 0.15) is 11.6 Å². The average molecular weight is 217 g/mol. The molecular formula is C12H15N3O. The van der Waals surface area contributed by atoms with Crippen molar-refractivity contribution in [1.29, 1.82) is 0 Å². The van der Waals surface area contributed by atoms with Crippen molar-refractivity contribution in [2.45, 2.75) is 13.0 Å². The van der Waals surface area contributed by atoms with Crippen LogP contribution in [0.2, 0.25) is 0 Å². The largest absolute Gasteiger partial charge is 0.497 e.